The van der Waals surface area contributed by atoms with E-state index in [2.05, 4.69) is 4.98 Å². The molecule has 0 spiro atoms. The van der Waals surface area contributed by atoms with Crippen LogP contribution in [0.3, 0.4) is 0 Å². The third kappa shape index (κ3) is 3.58. The van der Waals surface area contributed by atoms with Crippen LogP contribution in [0.25, 0.3) is 16.9 Å². The van der Waals surface area contributed by atoms with Crippen LogP contribution in [0.15, 0.2) is 48.7 Å². The number of aliphatic hydroxyl groups excluding tert-OH is 2. The van der Waals surface area contributed by atoms with Crippen molar-refractivity contribution in [3.63, 3.8) is 0 Å². The molecule has 1 aliphatic carbocycles. The quantitative estimate of drug-likeness (QED) is 0.648. The molecule has 4 rings (SSSR count). The number of hydrogen-bond acceptors (Lipinski definition) is 5. The van der Waals surface area contributed by atoms with Crippen LogP contribution in [0, 0.1) is 6.92 Å². The third-order valence-corrected chi connectivity index (χ3v) is 5.54. The first-order valence-electron chi connectivity index (χ1n) is 9.63. The smallest absolute Gasteiger partial charge is 0.109 e. The van der Waals surface area contributed by atoms with Crippen LogP contribution in [0.5, 0.6) is 0 Å². The van der Waals surface area contributed by atoms with Crippen molar-refractivity contribution in [1.29, 1.82) is 0 Å². The lowest BCUT2D eigenvalue weighted by Gasteiger charge is -2.32. The molecule has 146 valence electrons. The Bertz CT molecular complexity index is 940. The average Bonchev–Trinajstić information content (AvgIpc) is 3.17. The van der Waals surface area contributed by atoms with E-state index in [9.17, 15) is 15.3 Å². The molecule has 0 amide bonds. The Kier molecular flexibility index (Phi) is 5.02. The number of hydrogen-bond donors (Lipinski definition) is 3. The van der Waals surface area contributed by atoms with Crippen LogP contribution in [0.4, 0.5) is 0 Å². The molecule has 6 nitrogen and oxygen atoms in total. The Balaban J connectivity index is 1.80. The molecule has 2 heterocycles. The van der Waals surface area contributed by atoms with Gasteiger partial charge in [-0.05, 0) is 68.5 Å². The van der Waals surface area contributed by atoms with E-state index < -0.39 is 5.60 Å². The summed E-state index contributed by atoms with van der Waals surface area (Å²) in [5.41, 5.74) is 3.94. The van der Waals surface area contributed by atoms with E-state index in [1.165, 1.54) is 0 Å². The second-order valence-corrected chi connectivity index (χ2v) is 7.60. The molecule has 1 aliphatic rings. The molecule has 0 aliphatic heterocycles. The molecular formula is C22H25N3O3. The predicted octanol–water partition coefficient (Wildman–Crippen LogP) is 2.86. The lowest BCUT2D eigenvalue weighted by Crippen LogP contribution is -2.33. The first kappa shape index (κ1) is 18.8. The molecule has 0 radical (unpaired) electrons. The molecule has 1 aromatic carbocycles. The highest BCUT2D eigenvalue weighted by atomic mass is 16.3. The Morgan fingerprint density at radius 1 is 1.11 bits per heavy atom. The van der Waals surface area contributed by atoms with Crippen molar-refractivity contribution in [3.8, 4) is 16.9 Å². The summed E-state index contributed by atoms with van der Waals surface area (Å²) >= 11 is 0. The van der Waals surface area contributed by atoms with Gasteiger partial charge in [-0.1, -0.05) is 12.1 Å². The topological polar surface area (TPSA) is 91.4 Å². The van der Waals surface area contributed by atoms with Crippen molar-refractivity contribution < 1.29 is 15.3 Å². The van der Waals surface area contributed by atoms with Gasteiger partial charge in [-0.15, -0.1) is 0 Å². The standard InChI is InChI=1S/C22H25N3O3/c1-15-2-5-17(13-23-15)20-12-21(22(28)10-8-19(27)9-11-22)24-25(20)18-6-3-16(14-26)4-7-18/h2-7,12-13,19,26-28H,8-11,14H2,1H3. The maximum atomic E-state index is 11.2. The van der Waals surface area contributed by atoms with E-state index >= 15 is 0 Å². The zero-order chi connectivity index (χ0) is 19.7. The first-order chi connectivity index (χ1) is 13.5. The number of pyridine rings is 1. The fourth-order valence-corrected chi connectivity index (χ4v) is 3.71. The molecule has 28 heavy (non-hydrogen) atoms. The Morgan fingerprint density at radius 2 is 1.82 bits per heavy atom. The minimum absolute atomic E-state index is 0.0124. The monoisotopic (exact) mass is 379 g/mol. The number of benzene rings is 1. The van der Waals surface area contributed by atoms with Crippen LogP contribution in [-0.2, 0) is 12.2 Å². The van der Waals surface area contributed by atoms with E-state index in [0.29, 0.717) is 31.4 Å². The minimum atomic E-state index is -1.04. The van der Waals surface area contributed by atoms with E-state index in [-0.39, 0.29) is 12.7 Å². The molecule has 3 aromatic rings. The van der Waals surface area contributed by atoms with E-state index in [0.717, 1.165) is 28.2 Å². The van der Waals surface area contributed by atoms with Crippen molar-refractivity contribution >= 4 is 0 Å². The Morgan fingerprint density at radius 3 is 2.43 bits per heavy atom. The van der Waals surface area contributed by atoms with E-state index in [1.807, 2.05) is 60.3 Å². The van der Waals surface area contributed by atoms with Gasteiger partial charge in [-0.25, -0.2) is 4.68 Å². The molecule has 3 N–H and O–H groups in total. The Labute approximate surface area is 164 Å². The van der Waals surface area contributed by atoms with Crippen molar-refractivity contribution in [3.05, 3.63) is 65.6 Å². The van der Waals surface area contributed by atoms with Crippen LogP contribution >= 0.6 is 0 Å². The summed E-state index contributed by atoms with van der Waals surface area (Å²) in [7, 11) is 0. The molecule has 1 saturated carbocycles. The van der Waals surface area contributed by atoms with E-state index in [4.69, 9.17) is 5.10 Å². The summed E-state index contributed by atoms with van der Waals surface area (Å²) in [6, 6.07) is 13.4. The molecule has 0 atom stereocenters. The highest BCUT2D eigenvalue weighted by molar-refractivity contribution is 5.62. The van der Waals surface area contributed by atoms with Crippen LogP contribution in [0.1, 0.15) is 42.6 Å². The summed E-state index contributed by atoms with van der Waals surface area (Å²) in [6.45, 7) is 1.93. The molecular weight excluding hydrogens is 354 g/mol. The zero-order valence-electron chi connectivity index (χ0n) is 15.9. The van der Waals surface area contributed by atoms with Gasteiger partial charge in [0.05, 0.1) is 29.8 Å². The second kappa shape index (κ2) is 7.47. The Hall–Kier alpha value is -2.54. The number of nitrogens with zero attached hydrogens (tertiary/aromatic N) is 3. The molecule has 0 saturated heterocycles. The molecule has 1 fully saturated rings. The number of aliphatic hydroxyl groups is 3. The van der Waals surface area contributed by atoms with Gasteiger partial charge in [0.25, 0.3) is 0 Å². The molecule has 0 bridgehead atoms. The van der Waals surface area contributed by atoms with Crippen molar-refractivity contribution in [2.45, 2.75) is 50.9 Å². The lowest BCUT2D eigenvalue weighted by molar-refractivity contribution is -0.0393. The fourth-order valence-electron chi connectivity index (χ4n) is 3.71. The maximum Gasteiger partial charge on any atom is 0.109 e. The normalized spacial score (nSPS) is 22.4. The van der Waals surface area contributed by atoms with Gasteiger partial charge in [0.2, 0.25) is 0 Å². The SMILES string of the molecule is Cc1ccc(-c2cc(C3(O)CCC(O)CC3)nn2-c2ccc(CO)cc2)cn1. The van der Waals surface area contributed by atoms with Crippen molar-refractivity contribution in [2.75, 3.05) is 0 Å². The summed E-state index contributed by atoms with van der Waals surface area (Å²) < 4.78 is 1.81. The highest BCUT2D eigenvalue weighted by Gasteiger charge is 2.37. The van der Waals surface area contributed by atoms with Gasteiger partial charge in [0, 0.05) is 17.5 Å². The maximum absolute atomic E-state index is 11.2. The second-order valence-electron chi connectivity index (χ2n) is 7.60. The highest BCUT2D eigenvalue weighted by Crippen LogP contribution is 2.38. The summed E-state index contributed by atoms with van der Waals surface area (Å²) in [6.07, 6.45) is 3.56. The van der Waals surface area contributed by atoms with Crippen LogP contribution < -0.4 is 0 Å². The van der Waals surface area contributed by atoms with Gasteiger partial charge in [0.15, 0.2) is 0 Å². The zero-order valence-corrected chi connectivity index (χ0v) is 15.9. The molecule has 0 unspecified atom stereocenters. The van der Waals surface area contributed by atoms with E-state index in [1.54, 1.807) is 0 Å². The predicted molar refractivity (Wildman–Crippen MR) is 106 cm³/mol. The average molecular weight is 379 g/mol. The van der Waals surface area contributed by atoms with Crippen LogP contribution in [-0.4, -0.2) is 36.2 Å². The van der Waals surface area contributed by atoms with Gasteiger partial charge in [-0.3, -0.25) is 4.98 Å². The van der Waals surface area contributed by atoms with Crippen molar-refractivity contribution in [2.24, 2.45) is 0 Å². The molecule has 2 aromatic heterocycles. The van der Waals surface area contributed by atoms with Gasteiger partial charge in [-0.2, -0.15) is 5.10 Å². The minimum Gasteiger partial charge on any atom is -0.393 e. The summed E-state index contributed by atoms with van der Waals surface area (Å²) in [4.78, 5) is 4.40. The van der Waals surface area contributed by atoms with Gasteiger partial charge in [0.1, 0.15) is 5.60 Å². The molecule has 6 heteroatoms. The fraction of sp³-hybridized carbons (Fsp3) is 0.364. The number of aryl methyl sites for hydroxylation is 1. The number of aromatic nitrogens is 3. The van der Waals surface area contributed by atoms with Crippen molar-refractivity contribution in [1.82, 2.24) is 14.8 Å². The largest absolute Gasteiger partial charge is 0.393 e. The van der Waals surface area contributed by atoms with Gasteiger partial charge >= 0.3 is 0 Å². The third-order valence-electron chi connectivity index (χ3n) is 5.54. The summed E-state index contributed by atoms with van der Waals surface area (Å²) in [5, 5.41) is 35.0. The number of rotatable bonds is 4. The van der Waals surface area contributed by atoms with Gasteiger partial charge < -0.3 is 15.3 Å². The summed E-state index contributed by atoms with van der Waals surface area (Å²) in [5.74, 6) is 0. The van der Waals surface area contributed by atoms with Crippen LogP contribution in [0.2, 0.25) is 0 Å². The first-order valence-corrected chi connectivity index (χ1v) is 9.63. The lowest BCUT2D eigenvalue weighted by atomic mass is 9.81.